The van der Waals surface area contributed by atoms with E-state index < -0.39 is 35.9 Å². The number of amides is 4. The minimum atomic E-state index is -1.35. The number of nitrogens with zero attached hydrogens (tertiary/aromatic N) is 2. The van der Waals surface area contributed by atoms with Crippen LogP contribution in [0.3, 0.4) is 0 Å². The highest BCUT2D eigenvalue weighted by Crippen LogP contribution is 2.46. The van der Waals surface area contributed by atoms with Crippen LogP contribution in [0.5, 0.6) is 0 Å². The Morgan fingerprint density at radius 3 is 2.77 bits per heavy atom. The van der Waals surface area contributed by atoms with Crippen molar-refractivity contribution in [1.29, 1.82) is 0 Å². The summed E-state index contributed by atoms with van der Waals surface area (Å²) in [6.45, 7) is 3.01. The Bertz CT molecular complexity index is 1050. The fourth-order valence-corrected chi connectivity index (χ4v) is 4.60. The number of esters is 1. The molecule has 2 aromatic heterocycles. The molecule has 1 atom stereocenters. The van der Waals surface area contributed by atoms with Gasteiger partial charge in [0.1, 0.15) is 11.5 Å². The number of urea groups is 1. The van der Waals surface area contributed by atoms with E-state index in [-0.39, 0.29) is 6.61 Å². The van der Waals surface area contributed by atoms with Crippen LogP contribution in [-0.2, 0) is 19.9 Å². The van der Waals surface area contributed by atoms with E-state index in [2.05, 4.69) is 15.6 Å². The zero-order valence-electron chi connectivity index (χ0n) is 17.1. The van der Waals surface area contributed by atoms with Crippen LogP contribution in [0.1, 0.15) is 54.2 Å². The molecule has 1 aliphatic carbocycles. The number of hydrogen-bond donors (Lipinski definition) is 2. The molecular weight excluding hydrogens is 420 g/mol. The number of carbonyl (C=O) groups is 4. The molecule has 2 fully saturated rings. The molecule has 2 aromatic rings. The van der Waals surface area contributed by atoms with Crippen molar-refractivity contribution in [3.05, 3.63) is 46.6 Å². The quantitative estimate of drug-likeness (QED) is 0.503. The lowest BCUT2D eigenvalue weighted by Gasteiger charge is -2.20. The highest BCUT2D eigenvalue weighted by atomic mass is 32.1. The molecule has 10 heteroatoms. The van der Waals surface area contributed by atoms with E-state index in [0.717, 1.165) is 23.3 Å². The lowest BCUT2D eigenvalue weighted by Crippen LogP contribution is -2.42. The van der Waals surface area contributed by atoms with Crippen molar-refractivity contribution in [2.24, 2.45) is 0 Å². The second-order valence-electron chi connectivity index (χ2n) is 7.60. The Hall–Kier alpha value is -3.27. The third kappa shape index (κ3) is 3.90. The van der Waals surface area contributed by atoms with Gasteiger partial charge >= 0.3 is 12.0 Å². The first kappa shape index (κ1) is 21.0. The zero-order chi connectivity index (χ0) is 22.2. The predicted molar refractivity (Wildman–Crippen MR) is 113 cm³/mol. The van der Waals surface area contributed by atoms with Crippen LogP contribution >= 0.6 is 11.3 Å². The lowest BCUT2D eigenvalue weighted by atomic mass is 9.97. The summed E-state index contributed by atoms with van der Waals surface area (Å²) < 4.78 is 5.15. The van der Waals surface area contributed by atoms with E-state index in [1.807, 2.05) is 5.38 Å². The standard InChI is InChI=1S/C21H22N4O5S/c1-3-30-18(27)16-13(12-7-8-12)11-31-17(16)23-15(26)10-25-19(28)21(2,24-20(25)29)14-6-4-5-9-22-14/h4-6,9,11-12H,3,7-8,10H2,1-2H3,(H,23,26)(H,24,29). The van der Waals surface area contributed by atoms with Gasteiger partial charge in [-0.05, 0) is 55.7 Å². The average molecular weight is 442 g/mol. The third-order valence-electron chi connectivity index (χ3n) is 5.32. The molecule has 0 aromatic carbocycles. The van der Waals surface area contributed by atoms with Gasteiger partial charge in [0.05, 0.1) is 17.9 Å². The maximum Gasteiger partial charge on any atom is 0.341 e. The Balaban J connectivity index is 1.50. The van der Waals surface area contributed by atoms with E-state index in [9.17, 15) is 19.2 Å². The first-order valence-electron chi connectivity index (χ1n) is 9.99. The van der Waals surface area contributed by atoms with Crippen LogP contribution in [0.15, 0.2) is 29.8 Å². The van der Waals surface area contributed by atoms with Gasteiger partial charge in [0.2, 0.25) is 5.91 Å². The molecule has 4 amide bonds. The number of nitrogens with one attached hydrogen (secondary N) is 2. The molecule has 4 rings (SSSR count). The van der Waals surface area contributed by atoms with Gasteiger partial charge in [0.15, 0.2) is 5.54 Å². The summed E-state index contributed by atoms with van der Waals surface area (Å²) in [6.07, 6.45) is 3.51. The summed E-state index contributed by atoms with van der Waals surface area (Å²) in [6, 6.07) is 4.38. The van der Waals surface area contributed by atoms with Gasteiger partial charge < -0.3 is 15.4 Å². The van der Waals surface area contributed by atoms with Crippen LogP contribution in [0.2, 0.25) is 0 Å². The van der Waals surface area contributed by atoms with Crippen molar-refractivity contribution < 1.29 is 23.9 Å². The zero-order valence-corrected chi connectivity index (χ0v) is 18.0. The minimum Gasteiger partial charge on any atom is -0.462 e. The molecule has 2 N–H and O–H groups in total. The number of ether oxygens (including phenoxy) is 1. The molecule has 2 aliphatic rings. The van der Waals surface area contributed by atoms with Crippen molar-refractivity contribution in [2.75, 3.05) is 18.5 Å². The van der Waals surface area contributed by atoms with Crippen LogP contribution in [0.25, 0.3) is 0 Å². The van der Waals surface area contributed by atoms with E-state index in [1.165, 1.54) is 17.5 Å². The molecule has 0 bridgehead atoms. The monoisotopic (exact) mass is 442 g/mol. The molecule has 162 valence electrons. The maximum atomic E-state index is 12.9. The second-order valence-corrected chi connectivity index (χ2v) is 8.48. The normalized spacial score (nSPS) is 20.5. The first-order valence-corrected chi connectivity index (χ1v) is 10.9. The topological polar surface area (TPSA) is 118 Å². The van der Waals surface area contributed by atoms with Gasteiger partial charge in [-0.3, -0.25) is 19.5 Å². The number of thiophene rings is 1. The molecule has 1 unspecified atom stereocenters. The molecular formula is C21H22N4O5S. The summed E-state index contributed by atoms with van der Waals surface area (Å²) in [7, 11) is 0. The highest BCUT2D eigenvalue weighted by Gasteiger charge is 2.50. The van der Waals surface area contributed by atoms with Gasteiger partial charge in [-0.2, -0.15) is 0 Å². The fourth-order valence-electron chi connectivity index (χ4n) is 3.55. The Labute approximate surface area is 182 Å². The summed E-state index contributed by atoms with van der Waals surface area (Å²) in [5.74, 6) is -1.34. The van der Waals surface area contributed by atoms with Crippen molar-refractivity contribution in [2.45, 2.75) is 38.1 Å². The predicted octanol–water partition coefficient (Wildman–Crippen LogP) is 2.60. The molecule has 1 aliphatic heterocycles. The summed E-state index contributed by atoms with van der Waals surface area (Å²) >= 11 is 1.24. The average Bonchev–Trinajstić information content (AvgIpc) is 3.47. The number of pyridine rings is 1. The van der Waals surface area contributed by atoms with Gasteiger partial charge in [0, 0.05) is 6.20 Å². The van der Waals surface area contributed by atoms with Gasteiger partial charge in [0.25, 0.3) is 5.91 Å². The molecule has 1 saturated carbocycles. The SMILES string of the molecule is CCOC(=O)c1c(C2CC2)csc1NC(=O)CN1C(=O)NC(C)(c2ccccn2)C1=O. The highest BCUT2D eigenvalue weighted by molar-refractivity contribution is 7.15. The molecule has 3 heterocycles. The van der Waals surface area contributed by atoms with Crippen molar-refractivity contribution in [3.63, 3.8) is 0 Å². The second kappa shape index (κ2) is 8.10. The summed E-state index contributed by atoms with van der Waals surface area (Å²) in [5.41, 5.74) is 0.263. The molecule has 31 heavy (non-hydrogen) atoms. The van der Waals surface area contributed by atoms with Crippen molar-refractivity contribution >= 4 is 40.2 Å². The maximum absolute atomic E-state index is 12.9. The minimum absolute atomic E-state index is 0.223. The van der Waals surface area contributed by atoms with Crippen molar-refractivity contribution in [3.8, 4) is 0 Å². The number of imide groups is 1. The van der Waals surface area contributed by atoms with Gasteiger partial charge in [-0.15, -0.1) is 11.3 Å². The van der Waals surface area contributed by atoms with Crippen molar-refractivity contribution in [1.82, 2.24) is 15.2 Å². The molecule has 1 saturated heterocycles. The molecule has 9 nitrogen and oxygen atoms in total. The number of carbonyl (C=O) groups excluding carboxylic acids is 4. The van der Waals surface area contributed by atoms with E-state index >= 15 is 0 Å². The van der Waals surface area contributed by atoms with E-state index in [1.54, 1.807) is 32.0 Å². The van der Waals surface area contributed by atoms with Gasteiger partial charge in [-0.1, -0.05) is 6.07 Å². The van der Waals surface area contributed by atoms with Crippen LogP contribution in [0.4, 0.5) is 9.80 Å². The first-order chi connectivity index (χ1) is 14.8. The van der Waals surface area contributed by atoms with Gasteiger partial charge in [-0.25, -0.2) is 9.59 Å². The Kier molecular flexibility index (Phi) is 5.48. The fraction of sp³-hybridized carbons (Fsp3) is 0.381. The van der Waals surface area contributed by atoms with E-state index in [0.29, 0.717) is 22.2 Å². The smallest absolute Gasteiger partial charge is 0.341 e. The largest absolute Gasteiger partial charge is 0.462 e. The molecule has 0 spiro atoms. The number of aromatic nitrogens is 1. The lowest BCUT2D eigenvalue weighted by molar-refractivity contribution is -0.133. The Morgan fingerprint density at radius 1 is 1.35 bits per heavy atom. The van der Waals surface area contributed by atoms with E-state index in [4.69, 9.17) is 4.74 Å². The number of anilines is 1. The summed E-state index contributed by atoms with van der Waals surface area (Å²) in [5, 5.41) is 7.51. The Morgan fingerprint density at radius 2 is 2.13 bits per heavy atom. The van der Waals surface area contributed by atoms with Crippen LogP contribution < -0.4 is 10.6 Å². The van der Waals surface area contributed by atoms with Crippen LogP contribution in [-0.4, -0.2) is 46.9 Å². The third-order valence-corrected chi connectivity index (χ3v) is 6.24. The number of rotatable bonds is 7. The molecule has 0 radical (unpaired) electrons. The number of hydrogen-bond acceptors (Lipinski definition) is 7. The summed E-state index contributed by atoms with van der Waals surface area (Å²) in [4.78, 5) is 55.5. The van der Waals surface area contributed by atoms with Crippen LogP contribution in [0, 0.1) is 0 Å².